The van der Waals surface area contributed by atoms with Crippen molar-refractivity contribution in [3.8, 4) is 0 Å². The second-order valence-electron chi connectivity index (χ2n) is 6.20. The second-order valence-corrected chi connectivity index (χ2v) is 6.20. The Morgan fingerprint density at radius 2 is 2.08 bits per heavy atom. The molecule has 1 heterocycles. The van der Waals surface area contributed by atoms with E-state index in [0.717, 1.165) is 0 Å². The minimum absolute atomic E-state index is 0.115. The van der Waals surface area contributed by atoms with Crippen molar-refractivity contribution in [2.24, 2.45) is 5.92 Å². The Hall–Kier alpha value is -2.41. The number of carbonyl (C=O) groups excluding carboxylic acids is 3. The molecule has 26 heavy (non-hydrogen) atoms. The van der Waals surface area contributed by atoms with Gasteiger partial charge in [-0.25, -0.2) is 0 Å². The van der Waals surface area contributed by atoms with Gasteiger partial charge in [-0.15, -0.1) is 0 Å². The topological polar surface area (TPSA) is 98.7 Å². The molecule has 0 radical (unpaired) electrons. The van der Waals surface area contributed by atoms with Crippen LogP contribution in [0.3, 0.4) is 0 Å². The molecule has 7 nitrogen and oxygen atoms in total. The van der Waals surface area contributed by atoms with E-state index in [0.29, 0.717) is 4.90 Å². The lowest BCUT2D eigenvalue weighted by molar-refractivity contribution is -0.137. The first-order valence-electron chi connectivity index (χ1n) is 13.0. The summed E-state index contributed by atoms with van der Waals surface area (Å²) in [6.45, 7) is -3.67. The number of nitrogens with one attached hydrogen (secondary N) is 2. The third-order valence-corrected chi connectivity index (χ3v) is 3.92. The summed E-state index contributed by atoms with van der Waals surface area (Å²) in [6, 6.07) is -6.88. The van der Waals surface area contributed by atoms with Gasteiger partial charge in [0.1, 0.15) is 18.2 Å². The van der Waals surface area contributed by atoms with Crippen LogP contribution in [-0.4, -0.2) is 53.4 Å². The maximum atomic E-state index is 13.3. The number of aliphatic hydroxyl groups is 1. The molecule has 3 atom stereocenters. The standard InChI is InChI=1S/C19H27N3O4/c1-11(2)16(23)18(25)20-12(3)17(24)21-15-14-8-6-5-7-13(14)9-10-22(4)19(15)26/h5-8,11-12,15-16,23H,9-10H2,1-4H3,(H,20,25)(H,21,24)/t12-,15-,16-/m0/s1/i3D3,4D3,5D,6D,7D,8D. The molecule has 0 aromatic heterocycles. The van der Waals surface area contributed by atoms with Crippen LogP contribution in [0.2, 0.25) is 0 Å². The summed E-state index contributed by atoms with van der Waals surface area (Å²) in [4.78, 5) is 39.1. The Bertz CT molecular complexity index is 1060. The van der Waals surface area contributed by atoms with Crippen LogP contribution in [0.1, 0.15) is 51.6 Å². The number of amides is 3. The van der Waals surface area contributed by atoms with E-state index in [1.165, 1.54) is 13.8 Å². The molecule has 0 unspecified atom stereocenters. The highest BCUT2D eigenvalue weighted by molar-refractivity contribution is 5.93. The van der Waals surface area contributed by atoms with Crippen molar-refractivity contribution in [3.63, 3.8) is 0 Å². The first kappa shape index (κ1) is 10.1. The number of benzene rings is 1. The van der Waals surface area contributed by atoms with E-state index in [1.807, 2.05) is 5.32 Å². The highest BCUT2D eigenvalue weighted by atomic mass is 16.3. The molecule has 7 heteroatoms. The van der Waals surface area contributed by atoms with Gasteiger partial charge in [0, 0.05) is 21.7 Å². The van der Waals surface area contributed by atoms with E-state index in [-0.39, 0.29) is 12.0 Å². The normalized spacial score (nSPS) is 25.9. The van der Waals surface area contributed by atoms with Crippen LogP contribution in [0.15, 0.2) is 24.2 Å². The Balaban J connectivity index is 2.61. The molecule has 0 saturated heterocycles. The predicted octanol–water partition coefficient (Wildman–Crippen LogP) is 0.380. The van der Waals surface area contributed by atoms with Crippen LogP contribution < -0.4 is 10.6 Å². The molecule has 1 aliphatic rings. The lowest BCUT2D eigenvalue weighted by Crippen LogP contribution is -2.51. The van der Waals surface area contributed by atoms with Crippen molar-refractivity contribution in [1.29, 1.82) is 0 Å². The van der Waals surface area contributed by atoms with E-state index < -0.39 is 91.9 Å². The number of rotatable bonds is 5. The maximum absolute atomic E-state index is 13.3. The predicted molar refractivity (Wildman–Crippen MR) is 97.1 cm³/mol. The van der Waals surface area contributed by atoms with Crippen molar-refractivity contribution in [1.82, 2.24) is 15.5 Å². The van der Waals surface area contributed by atoms with E-state index in [9.17, 15) is 19.5 Å². The zero-order chi connectivity index (χ0) is 27.9. The van der Waals surface area contributed by atoms with Gasteiger partial charge < -0.3 is 20.6 Å². The highest BCUT2D eigenvalue weighted by Gasteiger charge is 2.32. The van der Waals surface area contributed by atoms with Crippen LogP contribution in [0, 0.1) is 5.92 Å². The van der Waals surface area contributed by atoms with Crippen molar-refractivity contribution in [2.75, 3.05) is 13.5 Å². The highest BCUT2D eigenvalue weighted by Crippen LogP contribution is 2.24. The van der Waals surface area contributed by atoms with Gasteiger partial charge in [-0.1, -0.05) is 38.0 Å². The van der Waals surface area contributed by atoms with Crippen LogP contribution in [0.25, 0.3) is 0 Å². The number of carbonyl (C=O) groups is 3. The van der Waals surface area contributed by atoms with Gasteiger partial charge >= 0.3 is 0 Å². The minimum Gasteiger partial charge on any atom is -0.383 e. The molecule has 2 rings (SSSR count). The molecular weight excluding hydrogens is 334 g/mol. The SMILES string of the molecule is [2H]c1c([2H])c([2H])c2c(c1[2H])CCN(C([2H])([2H])[2H])C(=O)[C@H]2NC(=O)[C@@H](NC(=O)[C@@H](O)C(C)C)C([2H])([2H])[2H]. The summed E-state index contributed by atoms with van der Waals surface area (Å²) in [6.07, 6.45) is -1.93. The van der Waals surface area contributed by atoms with Gasteiger partial charge in [0.15, 0.2) is 0 Å². The molecular formula is C19H27N3O4. The summed E-state index contributed by atoms with van der Waals surface area (Å²) in [7, 11) is 0. The Morgan fingerprint density at radius 1 is 1.35 bits per heavy atom. The summed E-state index contributed by atoms with van der Waals surface area (Å²) < 4.78 is 78.3. The molecule has 0 aliphatic carbocycles. The Kier molecular flexibility index (Phi) is 3.22. The first-order chi connectivity index (χ1) is 16.3. The summed E-state index contributed by atoms with van der Waals surface area (Å²) in [5.74, 6) is -4.47. The van der Waals surface area contributed by atoms with Gasteiger partial charge in [-0.05, 0) is 30.3 Å². The molecule has 3 N–H and O–H groups in total. The number of aliphatic hydroxyl groups excluding tert-OH is 1. The largest absolute Gasteiger partial charge is 0.383 e. The average Bonchev–Trinajstić information content (AvgIpc) is 2.89. The van der Waals surface area contributed by atoms with Gasteiger partial charge in [0.25, 0.3) is 0 Å². The van der Waals surface area contributed by atoms with Crippen molar-refractivity contribution in [2.45, 2.75) is 45.3 Å². The van der Waals surface area contributed by atoms with Crippen LogP contribution in [-0.2, 0) is 20.8 Å². The third kappa shape index (κ3) is 4.40. The summed E-state index contributed by atoms with van der Waals surface area (Å²) >= 11 is 0. The fraction of sp³-hybridized carbons (Fsp3) is 0.526. The van der Waals surface area contributed by atoms with E-state index in [1.54, 1.807) is 0 Å². The minimum atomic E-state index is -3.16. The van der Waals surface area contributed by atoms with Crippen LogP contribution in [0.5, 0.6) is 0 Å². The zero-order valence-electron chi connectivity index (χ0n) is 24.3. The molecule has 0 fully saturated rings. The average molecular weight is 372 g/mol. The number of fused-ring (bicyclic) bond motifs is 1. The molecule has 0 spiro atoms. The van der Waals surface area contributed by atoms with Crippen LogP contribution >= 0.6 is 0 Å². The number of nitrogens with zero attached hydrogens (tertiary/aromatic N) is 1. The Labute approximate surface area is 167 Å². The van der Waals surface area contributed by atoms with Crippen LogP contribution in [0.4, 0.5) is 0 Å². The quantitative estimate of drug-likeness (QED) is 0.697. The van der Waals surface area contributed by atoms with Crippen molar-refractivity contribution in [3.05, 3.63) is 35.3 Å². The smallest absolute Gasteiger partial charge is 0.249 e. The fourth-order valence-electron chi connectivity index (χ4n) is 2.36. The van der Waals surface area contributed by atoms with Crippen molar-refractivity contribution < 1.29 is 33.2 Å². The molecule has 0 bridgehead atoms. The number of hydrogen-bond donors (Lipinski definition) is 3. The summed E-state index contributed by atoms with van der Waals surface area (Å²) in [5.41, 5.74) is -0.514. The van der Waals surface area contributed by atoms with Gasteiger partial charge in [0.05, 0.1) is 5.48 Å². The maximum Gasteiger partial charge on any atom is 0.249 e. The van der Waals surface area contributed by atoms with E-state index >= 15 is 0 Å². The van der Waals surface area contributed by atoms with Gasteiger partial charge in [0.2, 0.25) is 17.7 Å². The van der Waals surface area contributed by atoms with Gasteiger partial charge in [-0.3, -0.25) is 14.4 Å². The third-order valence-electron chi connectivity index (χ3n) is 3.92. The van der Waals surface area contributed by atoms with Crippen molar-refractivity contribution >= 4 is 17.7 Å². The first-order valence-corrected chi connectivity index (χ1v) is 8.00. The lowest BCUT2D eigenvalue weighted by atomic mass is 9.99. The van der Waals surface area contributed by atoms with Gasteiger partial charge in [-0.2, -0.15) is 0 Å². The Morgan fingerprint density at radius 3 is 2.73 bits per heavy atom. The summed E-state index contributed by atoms with van der Waals surface area (Å²) in [5, 5.41) is 13.9. The number of likely N-dealkylation sites (N-methyl/N-ethyl adjacent to an activating group) is 1. The van der Waals surface area contributed by atoms with E-state index in [4.69, 9.17) is 13.7 Å². The zero-order valence-corrected chi connectivity index (χ0v) is 14.3. The molecule has 0 saturated carbocycles. The molecule has 1 aromatic carbocycles. The monoisotopic (exact) mass is 371 g/mol. The second kappa shape index (κ2) is 8.31. The van der Waals surface area contributed by atoms with E-state index in [2.05, 4.69) is 5.32 Å². The lowest BCUT2D eigenvalue weighted by Gasteiger charge is -2.24. The molecule has 3 amide bonds. The number of hydrogen-bond acceptors (Lipinski definition) is 4. The molecule has 142 valence electrons. The molecule has 1 aromatic rings. The molecule has 1 aliphatic heterocycles. The fourth-order valence-corrected chi connectivity index (χ4v) is 2.36.